The van der Waals surface area contributed by atoms with Crippen LogP contribution in [-0.4, -0.2) is 29.9 Å². The van der Waals surface area contributed by atoms with Crippen LogP contribution in [0.3, 0.4) is 0 Å². The molecule has 158 valence electrons. The number of halogens is 4. The monoisotopic (exact) mass is 446 g/mol. The van der Waals surface area contributed by atoms with Gasteiger partial charge in [0.2, 0.25) is 0 Å². The lowest BCUT2D eigenvalue weighted by atomic mass is 10.1. The van der Waals surface area contributed by atoms with Crippen molar-refractivity contribution in [3.05, 3.63) is 51.8 Å². The molecule has 9 heteroatoms. The number of sulfone groups is 1. The Labute approximate surface area is 173 Å². The second-order valence-corrected chi connectivity index (χ2v) is 9.43. The van der Waals surface area contributed by atoms with Gasteiger partial charge in [-0.3, -0.25) is 0 Å². The van der Waals surface area contributed by atoms with Crippen LogP contribution in [0.2, 0.25) is 5.02 Å². The molecule has 0 aliphatic rings. The number of hydrogen-bond acceptors (Lipinski definition) is 3. The quantitative estimate of drug-likeness (QED) is 0.549. The lowest BCUT2D eigenvalue weighted by Gasteiger charge is -2.11. The summed E-state index contributed by atoms with van der Waals surface area (Å²) < 4.78 is 66.9. The zero-order valence-corrected chi connectivity index (χ0v) is 18.3. The summed E-state index contributed by atoms with van der Waals surface area (Å²) in [7, 11) is -2.06. The normalized spacial score (nSPS) is 12.9. The van der Waals surface area contributed by atoms with Gasteiger partial charge in [-0.2, -0.15) is 13.2 Å². The Kier molecular flexibility index (Phi) is 6.69. The minimum Gasteiger partial charge on any atom is -0.331 e. The summed E-state index contributed by atoms with van der Waals surface area (Å²) in [5, 5.41) is 0.0441. The number of allylic oxidation sites excluding steroid dienone is 3. The molecular formula is C20H22ClF3N2O2S. The van der Waals surface area contributed by atoms with Crippen molar-refractivity contribution < 1.29 is 21.6 Å². The van der Waals surface area contributed by atoms with Crippen LogP contribution in [0.15, 0.2) is 40.3 Å². The molecule has 0 amide bonds. The smallest absolute Gasteiger partial charge is 0.331 e. The molecule has 0 unspecified atom stereocenters. The summed E-state index contributed by atoms with van der Waals surface area (Å²) in [6.07, 6.45) is -2.54. The number of alkyl halides is 3. The number of benzene rings is 1. The van der Waals surface area contributed by atoms with E-state index in [0.29, 0.717) is 11.3 Å². The molecule has 2 rings (SSSR count). The van der Waals surface area contributed by atoms with E-state index in [0.717, 1.165) is 12.2 Å². The van der Waals surface area contributed by atoms with Gasteiger partial charge in [0.25, 0.3) is 0 Å². The number of imidazole rings is 1. The summed E-state index contributed by atoms with van der Waals surface area (Å²) in [5.74, 6) is 0.0561. The van der Waals surface area contributed by atoms with Gasteiger partial charge in [-0.25, -0.2) is 13.4 Å². The third-order valence-electron chi connectivity index (χ3n) is 4.38. The van der Waals surface area contributed by atoms with E-state index in [1.165, 1.54) is 13.0 Å². The molecule has 0 fully saturated rings. The highest BCUT2D eigenvalue weighted by Crippen LogP contribution is 2.35. The second kappa shape index (κ2) is 8.36. The fraction of sp³-hybridized carbons (Fsp3) is 0.350. The molecule has 0 N–H and O–H groups in total. The summed E-state index contributed by atoms with van der Waals surface area (Å²) in [5.41, 5.74) is 0.475. The van der Waals surface area contributed by atoms with E-state index in [4.69, 9.17) is 11.6 Å². The van der Waals surface area contributed by atoms with Crippen molar-refractivity contribution in [2.24, 2.45) is 7.05 Å². The van der Waals surface area contributed by atoms with Gasteiger partial charge in [0.15, 0.2) is 9.84 Å². The molecule has 0 atom stereocenters. The van der Waals surface area contributed by atoms with Gasteiger partial charge in [0.1, 0.15) is 5.82 Å². The molecular weight excluding hydrogens is 425 g/mol. The lowest BCUT2D eigenvalue weighted by molar-refractivity contribution is -0.0873. The molecule has 0 radical (unpaired) electrons. The third kappa shape index (κ3) is 4.93. The Morgan fingerprint density at radius 3 is 2.41 bits per heavy atom. The van der Waals surface area contributed by atoms with Crippen molar-refractivity contribution in [1.29, 1.82) is 0 Å². The fourth-order valence-corrected chi connectivity index (χ4v) is 4.46. The molecule has 0 saturated heterocycles. The highest BCUT2D eigenvalue weighted by atomic mass is 35.5. The zero-order valence-electron chi connectivity index (χ0n) is 16.7. The predicted octanol–water partition coefficient (Wildman–Crippen LogP) is 5.75. The first-order valence-electron chi connectivity index (χ1n) is 8.78. The summed E-state index contributed by atoms with van der Waals surface area (Å²) in [6, 6.07) is 4.58. The van der Waals surface area contributed by atoms with Crippen molar-refractivity contribution in [1.82, 2.24) is 9.55 Å². The van der Waals surface area contributed by atoms with E-state index in [1.54, 1.807) is 44.5 Å². The van der Waals surface area contributed by atoms with Gasteiger partial charge in [-0.05, 0) is 39.0 Å². The Morgan fingerprint density at radius 2 is 1.90 bits per heavy atom. The third-order valence-corrected chi connectivity index (χ3v) is 6.63. The molecule has 0 bridgehead atoms. The molecule has 29 heavy (non-hydrogen) atoms. The molecule has 2 aromatic rings. The van der Waals surface area contributed by atoms with Gasteiger partial charge < -0.3 is 4.57 Å². The van der Waals surface area contributed by atoms with E-state index < -0.39 is 21.6 Å². The Bertz CT molecular complexity index is 1090. The lowest BCUT2D eigenvalue weighted by Crippen LogP contribution is -2.10. The van der Waals surface area contributed by atoms with Crippen LogP contribution in [0, 0.1) is 6.92 Å². The number of aromatic nitrogens is 2. The van der Waals surface area contributed by atoms with Crippen molar-refractivity contribution in [3.63, 3.8) is 0 Å². The van der Waals surface area contributed by atoms with Crippen molar-refractivity contribution in [3.8, 4) is 11.4 Å². The minimum atomic E-state index is -4.55. The van der Waals surface area contributed by atoms with Gasteiger partial charge in [-0.15, -0.1) is 0 Å². The van der Waals surface area contributed by atoms with Gasteiger partial charge >= 0.3 is 6.18 Å². The van der Waals surface area contributed by atoms with Crippen molar-refractivity contribution in [2.75, 3.05) is 5.75 Å². The first kappa shape index (κ1) is 23.2. The van der Waals surface area contributed by atoms with E-state index >= 15 is 0 Å². The summed E-state index contributed by atoms with van der Waals surface area (Å²) in [4.78, 5) is 4.25. The van der Waals surface area contributed by atoms with Crippen LogP contribution in [0.4, 0.5) is 13.2 Å². The average Bonchev–Trinajstić information content (AvgIpc) is 2.88. The number of hydrogen-bond donors (Lipinski definition) is 0. The van der Waals surface area contributed by atoms with E-state index in [-0.39, 0.29) is 32.8 Å². The van der Waals surface area contributed by atoms with Crippen LogP contribution in [0.5, 0.6) is 0 Å². The molecule has 1 heterocycles. The first-order valence-corrected chi connectivity index (χ1v) is 10.8. The molecule has 0 saturated carbocycles. The first-order chi connectivity index (χ1) is 13.3. The number of rotatable bonds is 5. The average molecular weight is 447 g/mol. The van der Waals surface area contributed by atoms with E-state index in [2.05, 4.69) is 4.98 Å². The topological polar surface area (TPSA) is 52.0 Å². The van der Waals surface area contributed by atoms with E-state index in [9.17, 15) is 21.6 Å². The molecule has 0 aliphatic heterocycles. The number of nitrogens with zero attached hydrogens (tertiary/aromatic N) is 2. The van der Waals surface area contributed by atoms with Gasteiger partial charge in [0, 0.05) is 18.3 Å². The van der Waals surface area contributed by atoms with Crippen molar-refractivity contribution >= 4 is 27.5 Å². The summed E-state index contributed by atoms with van der Waals surface area (Å²) >= 11 is 6.16. The molecule has 4 nitrogen and oxygen atoms in total. The van der Waals surface area contributed by atoms with Crippen LogP contribution in [0.1, 0.15) is 32.2 Å². The van der Waals surface area contributed by atoms with Gasteiger partial charge in [-0.1, -0.05) is 36.2 Å². The maximum atomic E-state index is 13.4. The molecule has 1 aromatic carbocycles. The van der Waals surface area contributed by atoms with E-state index in [1.807, 2.05) is 0 Å². The van der Waals surface area contributed by atoms with Gasteiger partial charge in [0.05, 0.1) is 26.9 Å². The largest absolute Gasteiger partial charge is 0.416 e. The van der Waals surface area contributed by atoms with Crippen LogP contribution < -0.4 is 0 Å². The molecule has 0 aliphatic carbocycles. The van der Waals surface area contributed by atoms with Crippen LogP contribution in [-0.2, 0) is 16.9 Å². The minimum absolute atomic E-state index is 0.0441. The Hall–Kier alpha value is -2.06. The van der Waals surface area contributed by atoms with Crippen LogP contribution >= 0.6 is 11.6 Å². The highest BCUT2D eigenvalue weighted by Gasteiger charge is 2.33. The fourth-order valence-electron chi connectivity index (χ4n) is 2.79. The zero-order chi connectivity index (χ0) is 22.1. The molecule has 1 aromatic heterocycles. The predicted molar refractivity (Wildman–Crippen MR) is 110 cm³/mol. The Morgan fingerprint density at radius 1 is 1.28 bits per heavy atom. The van der Waals surface area contributed by atoms with Crippen molar-refractivity contribution in [2.45, 2.75) is 38.8 Å². The maximum absolute atomic E-state index is 13.4. The highest BCUT2D eigenvalue weighted by molar-refractivity contribution is 7.91. The molecule has 0 spiro atoms. The Balaban J connectivity index is 2.78. The second-order valence-electron chi connectivity index (χ2n) is 6.80. The maximum Gasteiger partial charge on any atom is 0.416 e. The summed E-state index contributed by atoms with van der Waals surface area (Å²) in [6.45, 7) is 6.26. The van der Waals surface area contributed by atoms with Crippen LogP contribution in [0.25, 0.3) is 17.5 Å². The SMILES string of the molecule is CCS(=O)(=O)c1c(Cl)cccc1-c1nc(/C=C(\C=C(C)C)C(F)(F)F)c(C)n1C. The standard InChI is InChI=1S/C20H22ClF3N2O2S/c1-6-29(27,28)18-15(8-7-9-16(18)21)19-25-17(13(4)26(19)5)11-14(10-12(2)3)20(22,23)24/h7-11H,6H2,1-5H3/b14-11+.